The Balaban J connectivity index is 1.52. The van der Waals surface area contributed by atoms with E-state index in [0.29, 0.717) is 30.0 Å². The molecule has 7 nitrogen and oxygen atoms in total. The van der Waals surface area contributed by atoms with Crippen LogP contribution in [0.15, 0.2) is 30.3 Å². The standard InChI is InChI=1S/C23H19F3N6OS/c1-2-3-16-11-17-19(14-8-9-32-18(10-14)30-31-21(32)23(24,25)26)28-22(29-20(17)34-16)33-15-6-4-13(12-27)5-7-15/h4-7,11,14H,2-3,8-10H2,1H3. The van der Waals surface area contributed by atoms with Gasteiger partial charge in [0.15, 0.2) is 0 Å². The minimum atomic E-state index is -4.54. The van der Waals surface area contributed by atoms with Crippen LogP contribution in [-0.4, -0.2) is 24.7 Å². The number of nitrogens with zero attached hydrogens (tertiary/aromatic N) is 6. The second-order valence-electron chi connectivity index (χ2n) is 8.09. The number of alkyl halides is 3. The molecule has 0 bridgehead atoms. The molecule has 0 saturated heterocycles. The minimum absolute atomic E-state index is 0.143. The van der Waals surface area contributed by atoms with Crippen molar-refractivity contribution in [1.82, 2.24) is 24.7 Å². The van der Waals surface area contributed by atoms with Crippen molar-refractivity contribution < 1.29 is 17.9 Å². The molecule has 0 saturated carbocycles. The van der Waals surface area contributed by atoms with Gasteiger partial charge in [-0.1, -0.05) is 13.3 Å². The van der Waals surface area contributed by atoms with E-state index in [1.165, 1.54) is 4.88 Å². The number of nitriles is 1. The molecule has 4 aromatic rings. The van der Waals surface area contributed by atoms with Crippen molar-refractivity contribution in [1.29, 1.82) is 5.26 Å². The maximum absolute atomic E-state index is 13.2. The highest BCUT2D eigenvalue weighted by atomic mass is 32.1. The average Bonchev–Trinajstić information content (AvgIpc) is 3.42. The average molecular weight is 485 g/mol. The number of rotatable bonds is 5. The van der Waals surface area contributed by atoms with Crippen molar-refractivity contribution >= 4 is 21.6 Å². The van der Waals surface area contributed by atoms with E-state index in [1.807, 2.05) is 0 Å². The smallest absolute Gasteiger partial charge is 0.424 e. The number of halogens is 3. The lowest BCUT2D eigenvalue weighted by Gasteiger charge is -2.24. The molecule has 1 atom stereocenters. The number of hydrogen-bond acceptors (Lipinski definition) is 7. The maximum atomic E-state index is 13.2. The third-order valence-corrected chi connectivity index (χ3v) is 6.83. The first-order valence-electron chi connectivity index (χ1n) is 10.8. The first-order chi connectivity index (χ1) is 16.4. The molecule has 0 spiro atoms. The summed E-state index contributed by atoms with van der Waals surface area (Å²) in [4.78, 5) is 11.2. The van der Waals surface area contributed by atoms with E-state index in [-0.39, 0.29) is 18.5 Å². The number of aromatic nitrogens is 5. The summed E-state index contributed by atoms with van der Waals surface area (Å²) in [6.07, 6.45) is -1.89. The van der Waals surface area contributed by atoms with Crippen LogP contribution in [0, 0.1) is 11.3 Å². The molecule has 5 rings (SSSR count). The molecule has 174 valence electrons. The second-order valence-corrected chi connectivity index (χ2v) is 9.21. The number of aryl methyl sites for hydroxylation is 1. The zero-order valence-electron chi connectivity index (χ0n) is 18.1. The molecule has 4 heterocycles. The van der Waals surface area contributed by atoms with Crippen molar-refractivity contribution in [2.45, 2.75) is 51.2 Å². The van der Waals surface area contributed by atoms with Crippen LogP contribution in [0.3, 0.4) is 0 Å². The Morgan fingerprint density at radius 2 is 2.00 bits per heavy atom. The highest BCUT2D eigenvalue weighted by molar-refractivity contribution is 7.18. The molecule has 34 heavy (non-hydrogen) atoms. The van der Waals surface area contributed by atoms with Crippen molar-refractivity contribution in [3.8, 4) is 17.8 Å². The fraction of sp³-hybridized carbons (Fsp3) is 0.348. The van der Waals surface area contributed by atoms with Gasteiger partial charge >= 0.3 is 12.2 Å². The summed E-state index contributed by atoms with van der Waals surface area (Å²) in [5.41, 5.74) is 1.26. The molecule has 1 aromatic carbocycles. The molecular weight excluding hydrogens is 465 g/mol. The normalized spacial score (nSPS) is 15.8. The predicted octanol–water partition coefficient (Wildman–Crippen LogP) is 5.65. The van der Waals surface area contributed by atoms with Gasteiger partial charge in [-0.2, -0.15) is 28.4 Å². The Morgan fingerprint density at radius 3 is 2.71 bits per heavy atom. The van der Waals surface area contributed by atoms with Crippen molar-refractivity contribution in [3.05, 3.63) is 58.1 Å². The van der Waals surface area contributed by atoms with Gasteiger partial charge in [-0.15, -0.1) is 21.5 Å². The third-order valence-electron chi connectivity index (χ3n) is 5.74. The Morgan fingerprint density at radius 1 is 1.21 bits per heavy atom. The number of ether oxygens (including phenoxy) is 1. The van der Waals surface area contributed by atoms with Crippen LogP contribution in [0.4, 0.5) is 13.2 Å². The summed E-state index contributed by atoms with van der Waals surface area (Å²) >= 11 is 1.57. The van der Waals surface area contributed by atoms with E-state index in [9.17, 15) is 13.2 Å². The van der Waals surface area contributed by atoms with Crippen LogP contribution < -0.4 is 4.74 Å². The molecule has 0 N–H and O–H groups in total. The van der Waals surface area contributed by atoms with Crippen molar-refractivity contribution in [2.75, 3.05) is 0 Å². The molecule has 0 amide bonds. The topological polar surface area (TPSA) is 89.5 Å². The van der Waals surface area contributed by atoms with Crippen LogP contribution >= 0.6 is 11.3 Å². The molecule has 0 radical (unpaired) electrons. The highest BCUT2D eigenvalue weighted by Crippen LogP contribution is 2.38. The number of hydrogen-bond donors (Lipinski definition) is 0. The van der Waals surface area contributed by atoms with Gasteiger partial charge in [0.05, 0.1) is 17.3 Å². The lowest BCUT2D eigenvalue weighted by Crippen LogP contribution is -2.23. The van der Waals surface area contributed by atoms with E-state index in [1.54, 1.807) is 35.6 Å². The number of benzene rings is 1. The van der Waals surface area contributed by atoms with E-state index in [0.717, 1.165) is 33.3 Å². The monoisotopic (exact) mass is 484 g/mol. The van der Waals surface area contributed by atoms with Gasteiger partial charge in [0.25, 0.3) is 0 Å². The maximum Gasteiger partial charge on any atom is 0.451 e. The van der Waals surface area contributed by atoms with Gasteiger partial charge in [0.2, 0.25) is 5.82 Å². The lowest BCUT2D eigenvalue weighted by molar-refractivity contribution is -0.147. The SMILES string of the molecule is CCCc1cc2c(C3CCn4c(nnc4C(F)(F)F)C3)nc(Oc3ccc(C#N)cc3)nc2s1. The van der Waals surface area contributed by atoms with E-state index in [4.69, 9.17) is 15.0 Å². The fourth-order valence-corrected chi connectivity index (χ4v) is 5.30. The quantitative estimate of drug-likeness (QED) is 0.364. The summed E-state index contributed by atoms with van der Waals surface area (Å²) in [6, 6.07) is 10.9. The Kier molecular flexibility index (Phi) is 5.69. The van der Waals surface area contributed by atoms with Crippen molar-refractivity contribution in [2.24, 2.45) is 0 Å². The van der Waals surface area contributed by atoms with Gasteiger partial charge in [0, 0.05) is 29.1 Å². The predicted molar refractivity (Wildman–Crippen MR) is 119 cm³/mol. The lowest BCUT2D eigenvalue weighted by atomic mass is 9.92. The van der Waals surface area contributed by atoms with Crippen LogP contribution in [0.25, 0.3) is 10.2 Å². The van der Waals surface area contributed by atoms with Crippen LogP contribution in [0.1, 0.15) is 53.5 Å². The first kappa shape index (κ1) is 22.3. The first-order valence-corrected chi connectivity index (χ1v) is 11.6. The third kappa shape index (κ3) is 4.21. The summed E-state index contributed by atoms with van der Waals surface area (Å²) in [6.45, 7) is 2.26. The van der Waals surface area contributed by atoms with Crippen LogP contribution in [0.2, 0.25) is 0 Å². The zero-order chi connectivity index (χ0) is 23.9. The fourth-order valence-electron chi connectivity index (χ4n) is 4.17. The van der Waals surface area contributed by atoms with E-state index in [2.05, 4.69) is 34.2 Å². The molecule has 1 unspecified atom stereocenters. The summed E-state index contributed by atoms with van der Waals surface area (Å²) in [5.74, 6) is -0.309. The van der Waals surface area contributed by atoms with Gasteiger partial charge in [-0.3, -0.25) is 0 Å². The zero-order valence-corrected chi connectivity index (χ0v) is 18.9. The van der Waals surface area contributed by atoms with E-state index >= 15 is 0 Å². The number of thiophene rings is 1. The van der Waals surface area contributed by atoms with Gasteiger partial charge in [-0.25, -0.2) is 0 Å². The largest absolute Gasteiger partial charge is 0.451 e. The van der Waals surface area contributed by atoms with Gasteiger partial charge in [0.1, 0.15) is 16.4 Å². The molecular formula is C23H19F3N6OS. The summed E-state index contributed by atoms with van der Waals surface area (Å²) in [5, 5.41) is 17.1. The highest BCUT2D eigenvalue weighted by Gasteiger charge is 2.40. The van der Waals surface area contributed by atoms with Crippen molar-refractivity contribution in [3.63, 3.8) is 0 Å². The van der Waals surface area contributed by atoms with E-state index < -0.39 is 12.0 Å². The molecule has 3 aromatic heterocycles. The molecule has 0 aliphatic carbocycles. The molecule has 1 aliphatic rings. The number of fused-ring (bicyclic) bond motifs is 2. The molecule has 1 aliphatic heterocycles. The Labute approximate surface area is 196 Å². The molecule has 0 fully saturated rings. The minimum Gasteiger partial charge on any atom is -0.424 e. The summed E-state index contributed by atoms with van der Waals surface area (Å²) < 4.78 is 46.8. The summed E-state index contributed by atoms with van der Waals surface area (Å²) in [7, 11) is 0. The Hall–Kier alpha value is -3.52. The second kappa shape index (κ2) is 8.68. The Bertz CT molecular complexity index is 1390. The van der Waals surface area contributed by atoms with Crippen LogP contribution in [0.5, 0.6) is 11.8 Å². The van der Waals surface area contributed by atoms with Gasteiger partial charge in [-0.05, 0) is 43.2 Å². The van der Waals surface area contributed by atoms with Gasteiger partial charge < -0.3 is 9.30 Å². The van der Waals surface area contributed by atoms with Crippen LogP contribution in [-0.2, 0) is 25.6 Å². The molecule has 11 heteroatoms.